The quantitative estimate of drug-likeness (QED) is 0.535. The summed E-state index contributed by atoms with van der Waals surface area (Å²) in [5.41, 5.74) is 0.983. The number of carbonyl (C=O) groups excluding carboxylic acids is 1. The first-order valence-electron chi connectivity index (χ1n) is 8.19. The average molecular weight is 207 g/mol. The van der Waals surface area contributed by atoms with E-state index in [0.717, 1.165) is 17.7 Å². The van der Waals surface area contributed by atoms with E-state index in [1.165, 1.54) is 12.1 Å². The van der Waals surface area contributed by atoms with Crippen LogP contribution in [0.3, 0.4) is 0 Å². The Hall–Kier alpha value is -1.37. The maximum absolute atomic E-state index is 12.6. The zero-order valence-electron chi connectivity index (χ0n) is 15.4. The van der Waals surface area contributed by atoms with Gasteiger partial charge in [0.25, 0.3) is 0 Å². The number of allylic oxidation sites excluding steroid dienone is 2. The van der Waals surface area contributed by atoms with Crippen LogP contribution in [0.4, 0.5) is 0 Å². The molecule has 0 radical (unpaired) electrons. The van der Waals surface area contributed by atoms with Gasteiger partial charge in [0.1, 0.15) is 0 Å². The van der Waals surface area contributed by atoms with Crippen LogP contribution in [0, 0.1) is 12.8 Å². The molecule has 0 aromatic heterocycles. The molecule has 1 aliphatic rings. The van der Waals surface area contributed by atoms with Crippen LogP contribution in [0.5, 0.6) is 0 Å². The van der Waals surface area contributed by atoms with Gasteiger partial charge in [0.05, 0.1) is 0 Å². The van der Waals surface area contributed by atoms with E-state index in [2.05, 4.69) is 0 Å². The van der Waals surface area contributed by atoms with Crippen molar-refractivity contribution >= 4 is 5.78 Å². The number of aryl methyl sites for hydroxylation is 1. The first-order chi connectivity index (χ1) is 9.87. The maximum atomic E-state index is 12.6. The lowest BCUT2D eigenvalue weighted by atomic mass is 9.89. The van der Waals surface area contributed by atoms with Crippen molar-refractivity contribution in [2.45, 2.75) is 26.0 Å². The smallest absolute Gasteiger partial charge is 0.169 e. The van der Waals surface area contributed by atoms with Gasteiger partial charge in [0, 0.05) is 21.1 Å². The van der Waals surface area contributed by atoms with Crippen LogP contribution in [-0.4, -0.2) is 5.78 Å². The molecule has 1 unspecified atom stereocenters. The topological polar surface area (TPSA) is 17.1 Å². The summed E-state index contributed by atoms with van der Waals surface area (Å²) >= 11 is 0. The zero-order chi connectivity index (χ0) is 17.0. The molecule has 0 aliphatic heterocycles. The molecule has 1 aliphatic carbocycles. The molecule has 0 bridgehead atoms. The Morgan fingerprint density at radius 2 is 2.20 bits per heavy atom. The Morgan fingerprint density at radius 1 is 1.47 bits per heavy atom. The van der Waals surface area contributed by atoms with E-state index in [9.17, 15) is 4.79 Å². The number of carbonyl (C=O) groups is 1. The Morgan fingerprint density at radius 3 is 2.93 bits per heavy atom. The second kappa shape index (κ2) is 4.43. The van der Waals surface area contributed by atoms with Gasteiger partial charge in [-0.25, -0.2) is 0 Å². The van der Waals surface area contributed by atoms with Gasteiger partial charge in [-0.1, -0.05) is 42.0 Å². The van der Waals surface area contributed by atoms with Gasteiger partial charge in [-0.3, -0.25) is 4.79 Å². The van der Waals surface area contributed by atoms with Crippen LogP contribution in [0.1, 0.15) is 44.6 Å². The highest BCUT2D eigenvalue weighted by Gasteiger charge is 2.18. The van der Waals surface area contributed by atoms with Crippen LogP contribution >= 0.6 is 0 Å². The van der Waals surface area contributed by atoms with Crippen LogP contribution < -0.4 is 0 Å². The molecule has 1 nitrogen and oxygen atoms in total. The predicted molar refractivity (Wildman–Crippen MR) is 62.0 cm³/mol. The van der Waals surface area contributed by atoms with Crippen molar-refractivity contribution in [1.82, 2.24) is 0 Å². The number of benzene rings is 1. The molecule has 1 heteroatoms. The molecule has 0 N–H and O–H groups in total. The molecule has 2 rings (SSSR count). The van der Waals surface area contributed by atoms with Gasteiger partial charge in [-0.15, -0.1) is 0 Å². The minimum absolute atomic E-state index is 0.0902. The van der Waals surface area contributed by atoms with Crippen LogP contribution in [0.2, 0.25) is 0 Å². The third kappa shape index (κ3) is 2.35. The van der Waals surface area contributed by atoms with Crippen LogP contribution in [0.25, 0.3) is 0 Å². The lowest BCUT2D eigenvalue weighted by molar-refractivity contribution is 0.0937. The number of hydrogen-bond acceptors (Lipinski definition) is 1. The lowest BCUT2D eigenvalue weighted by Gasteiger charge is -2.14. The second-order valence-electron chi connectivity index (χ2n) is 3.34. The first-order valence-corrected chi connectivity index (χ1v) is 4.69. The highest BCUT2D eigenvalue weighted by atomic mass is 16.1. The molecule has 0 amide bonds. The molecule has 0 saturated carbocycles. The third-order valence-electron chi connectivity index (χ3n) is 2.16. The Kier molecular flexibility index (Phi) is 1.37. The standard InChI is InChI=1S/C14H16O/c1-11-7-9-13(10-8-11)14(15)12-5-3-2-4-6-12/h3,5,7-10,12H,2,4,6H2,1H3/i2D2,4D2,6D2,12D. The normalized spacial score (nSPS) is 42.1. The van der Waals surface area contributed by atoms with Gasteiger partial charge in [0.15, 0.2) is 5.78 Å². The SMILES string of the molecule is [2H]C1([2H])C=CC([2H])(C(=O)c2ccc(C)cc2)C([2H])([2H])C1([2H])[2H]. The highest BCUT2D eigenvalue weighted by molar-refractivity contribution is 5.99. The van der Waals surface area contributed by atoms with Crippen LogP contribution in [-0.2, 0) is 0 Å². The summed E-state index contributed by atoms with van der Waals surface area (Å²) in [7, 11) is 0. The molecule has 1 atom stereocenters. The van der Waals surface area contributed by atoms with Crippen molar-refractivity contribution in [1.29, 1.82) is 0 Å². The molecular weight excluding hydrogens is 184 g/mol. The minimum Gasteiger partial charge on any atom is -0.294 e. The van der Waals surface area contributed by atoms with E-state index in [1.807, 2.05) is 6.92 Å². The molecule has 0 spiro atoms. The highest BCUT2D eigenvalue weighted by Crippen LogP contribution is 2.21. The summed E-state index contributed by atoms with van der Waals surface area (Å²) < 4.78 is 54.9. The fraction of sp³-hybridized carbons (Fsp3) is 0.357. The molecule has 78 valence electrons. The molecule has 15 heavy (non-hydrogen) atoms. The minimum atomic E-state index is -3.03. The maximum Gasteiger partial charge on any atom is 0.169 e. The monoisotopic (exact) mass is 207 g/mol. The van der Waals surface area contributed by atoms with E-state index >= 15 is 0 Å². The van der Waals surface area contributed by atoms with E-state index in [-0.39, 0.29) is 5.56 Å². The molecular formula is C14H16O. The van der Waals surface area contributed by atoms with Crippen molar-refractivity contribution < 1.29 is 14.4 Å². The summed E-state index contributed by atoms with van der Waals surface area (Å²) in [6.45, 7) is 1.82. The van der Waals surface area contributed by atoms with E-state index in [0.29, 0.717) is 0 Å². The van der Waals surface area contributed by atoms with Gasteiger partial charge in [0.2, 0.25) is 0 Å². The Balaban J connectivity index is 2.58. The predicted octanol–water partition coefficient (Wildman–Crippen LogP) is 3.53. The largest absolute Gasteiger partial charge is 0.294 e. The second-order valence-corrected chi connectivity index (χ2v) is 3.34. The summed E-state index contributed by atoms with van der Waals surface area (Å²) in [6, 6.07) is 6.20. The Labute approximate surface area is 101 Å². The average Bonchev–Trinajstić information content (AvgIpc) is 2.43. The molecule has 0 saturated heterocycles. The number of ketones is 1. The van der Waals surface area contributed by atoms with Crippen molar-refractivity contribution in [3.63, 3.8) is 0 Å². The summed E-state index contributed by atoms with van der Waals surface area (Å²) in [5, 5.41) is 0. The van der Waals surface area contributed by atoms with Gasteiger partial charge < -0.3 is 0 Å². The number of Topliss-reactive ketones (excluding diaryl/α,β-unsaturated/α-hetero) is 1. The van der Waals surface area contributed by atoms with E-state index in [4.69, 9.17) is 9.60 Å². The van der Waals surface area contributed by atoms with Crippen molar-refractivity contribution in [3.8, 4) is 0 Å². The van der Waals surface area contributed by atoms with Crippen molar-refractivity contribution in [3.05, 3.63) is 47.5 Å². The van der Waals surface area contributed by atoms with Crippen molar-refractivity contribution in [2.75, 3.05) is 0 Å². The zero-order valence-corrected chi connectivity index (χ0v) is 8.37. The summed E-state index contributed by atoms with van der Waals surface area (Å²) in [5.74, 6) is -3.43. The molecule has 1 aromatic rings. The fourth-order valence-electron chi connectivity index (χ4n) is 1.30. The molecule has 1 aromatic carbocycles. The van der Waals surface area contributed by atoms with Gasteiger partial charge in [-0.05, 0) is 26.0 Å². The van der Waals surface area contributed by atoms with Crippen LogP contribution in [0.15, 0.2) is 36.4 Å². The van der Waals surface area contributed by atoms with E-state index in [1.54, 1.807) is 12.1 Å². The van der Waals surface area contributed by atoms with Gasteiger partial charge >= 0.3 is 0 Å². The van der Waals surface area contributed by atoms with E-state index < -0.39 is 30.8 Å². The third-order valence-corrected chi connectivity index (χ3v) is 2.16. The first kappa shape index (κ1) is 4.65. The molecule has 0 fully saturated rings. The lowest BCUT2D eigenvalue weighted by Crippen LogP contribution is -2.14. The number of hydrogen-bond donors (Lipinski definition) is 0. The summed E-state index contributed by atoms with van der Waals surface area (Å²) in [6.07, 6.45) is -7.05. The summed E-state index contributed by atoms with van der Waals surface area (Å²) in [4.78, 5) is 12.6. The number of rotatable bonds is 2. The molecule has 0 heterocycles. The fourth-order valence-corrected chi connectivity index (χ4v) is 1.30. The Bertz CT molecular complexity index is 633. The van der Waals surface area contributed by atoms with Gasteiger partial charge in [-0.2, -0.15) is 0 Å². The van der Waals surface area contributed by atoms with Crippen molar-refractivity contribution in [2.24, 2.45) is 5.89 Å².